The normalized spacial score (nSPS) is 13.7. The monoisotopic (exact) mass is 248 g/mol. The Morgan fingerprint density at radius 1 is 0.800 bits per heavy atom. The van der Waals surface area contributed by atoms with E-state index in [1.165, 1.54) is 0 Å². The molecule has 0 N–H and O–H groups in total. The molecule has 0 radical (unpaired) electrons. The number of hydrogen-bond donors (Lipinski definition) is 0. The smallest absolute Gasteiger partial charge is 0.171 e. The fourth-order valence-corrected chi connectivity index (χ4v) is 3.54. The standard InChI is InChI=1S/C8H10F6Si/c1-3-15(4-2,5-7(9,10)11)6-8(12,13)14/h3-4H,1-2,5-6H2. The van der Waals surface area contributed by atoms with Crippen molar-refractivity contribution < 1.29 is 26.3 Å². The van der Waals surface area contributed by atoms with Crippen LogP contribution in [0.15, 0.2) is 24.6 Å². The van der Waals surface area contributed by atoms with Crippen molar-refractivity contribution in [2.45, 2.75) is 24.4 Å². The van der Waals surface area contributed by atoms with Crippen LogP contribution in [0.4, 0.5) is 26.3 Å². The second-order valence-electron chi connectivity index (χ2n) is 3.23. The number of halogens is 6. The van der Waals surface area contributed by atoms with Crippen LogP contribution in [0, 0.1) is 0 Å². The third-order valence-corrected chi connectivity index (χ3v) is 5.62. The molecule has 0 heterocycles. The van der Waals surface area contributed by atoms with Crippen LogP contribution in [0.5, 0.6) is 0 Å². The van der Waals surface area contributed by atoms with Gasteiger partial charge in [0.05, 0.1) is 0 Å². The average Bonchev–Trinajstić information content (AvgIpc) is 1.98. The third kappa shape index (κ3) is 5.66. The molecule has 0 fully saturated rings. The summed E-state index contributed by atoms with van der Waals surface area (Å²) in [7, 11) is -3.74. The zero-order valence-corrected chi connectivity index (χ0v) is 8.75. The van der Waals surface area contributed by atoms with Crippen LogP contribution in [0.3, 0.4) is 0 Å². The Morgan fingerprint density at radius 2 is 1.07 bits per heavy atom. The Balaban J connectivity index is 4.90. The summed E-state index contributed by atoms with van der Waals surface area (Å²) in [6.07, 6.45) is -9.25. The maximum Gasteiger partial charge on any atom is 0.387 e. The quantitative estimate of drug-likeness (QED) is 0.521. The van der Waals surface area contributed by atoms with Gasteiger partial charge in [0.2, 0.25) is 0 Å². The molecule has 0 bridgehead atoms. The molecular formula is C8H10F6Si. The molecule has 0 aliphatic carbocycles. The molecule has 0 aromatic rings. The number of alkyl halides is 6. The van der Waals surface area contributed by atoms with Gasteiger partial charge in [-0.25, -0.2) is 0 Å². The minimum absolute atomic E-state index is 0.779. The van der Waals surface area contributed by atoms with E-state index in [-0.39, 0.29) is 0 Å². The Morgan fingerprint density at radius 3 is 1.20 bits per heavy atom. The van der Waals surface area contributed by atoms with Crippen molar-refractivity contribution in [3.8, 4) is 0 Å². The molecular weight excluding hydrogens is 238 g/mol. The summed E-state index contributed by atoms with van der Waals surface area (Å²) >= 11 is 0. The summed E-state index contributed by atoms with van der Waals surface area (Å²) in [5, 5.41) is 0. The molecule has 0 rings (SSSR count). The Kier molecular flexibility index (Phi) is 4.21. The third-order valence-electron chi connectivity index (χ3n) is 1.87. The van der Waals surface area contributed by atoms with Crippen LogP contribution >= 0.6 is 0 Å². The topological polar surface area (TPSA) is 0 Å². The largest absolute Gasteiger partial charge is 0.387 e. The minimum Gasteiger partial charge on any atom is -0.171 e. The molecule has 0 unspecified atom stereocenters. The van der Waals surface area contributed by atoms with E-state index >= 15 is 0 Å². The highest BCUT2D eigenvalue weighted by Gasteiger charge is 2.47. The summed E-state index contributed by atoms with van der Waals surface area (Å²) in [5.74, 6) is 0. The molecule has 7 heteroatoms. The first-order valence-electron chi connectivity index (χ1n) is 3.94. The van der Waals surface area contributed by atoms with E-state index in [4.69, 9.17) is 0 Å². The van der Waals surface area contributed by atoms with Crippen LogP contribution in [0.25, 0.3) is 0 Å². The van der Waals surface area contributed by atoms with Crippen molar-refractivity contribution in [2.24, 2.45) is 0 Å². The van der Waals surface area contributed by atoms with Gasteiger partial charge >= 0.3 is 12.4 Å². The lowest BCUT2D eigenvalue weighted by Gasteiger charge is -2.26. The van der Waals surface area contributed by atoms with Crippen LogP contribution in [0.2, 0.25) is 12.1 Å². The molecule has 0 aliphatic rings. The van der Waals surface area contributed by atoms with E-state index < -0.39 is 32.5 Å². The van der Waals surface area contributed by atoms with E-state index in [0.717, 1.165) is 11.4 Å². The summed E-state index contributed by atoms with van der Waals surface area (Å²) in [6, 6.07) is -2.93. The lowest BCUT2D eigenvalue weighted by Crippen LogP contribution is -2.39. The fourth-order valence-electron chi connectivity index (χ4n) is 1.18. The maximum absolute atomic E-state index is 12.1. The van der Waals surface area contributed by atoms with Gasteiger partial charge in [0.1, 0.15) is 8.07 Å². The summed E-state index contributed by atoms with van der Waals surface area (Å²) in [6.45, 7) is 6.13. The molecule has 0 saturated heterocycles. The second-order valence-corrected chi connectivity index (χ2v) is 7.22. The van der Waals surface area contributed by atoms with E-state index in [1.54, 1.807) is 0 Å². The van der Waals surface area contributed by atoms with Gasteiger partial charge in [0, 0.05) is 12.1 Å². The van der Waals surface area contributed by atoms with E-state index in [9.17, 15) is 26.3 Å². The molecule has 0 saturated carbocycles. The Labute approximate surface area is 84.3 Å². The van der Waals surface area contributed by atoms with Crippen LogP contribution in [-0.4, -0.2) is 20.4 Å². The molecule has 0 nitrogen and oxygen atoms in total. The average molecular weight is 248 g/mol. The first-order chi connectivity index (χ1) is 6.54. The number of hydrogen-bond acceptors (Lipinski definition) is 0. The van der Waals surface area contributed by atoms with Crippen LogP contribution in [0.1, 0.15) is 0 Å². The Bertz CT molecular complexity index is 212. The molecule has 0 aliphatic heterocycles. The highest BCUT2D eigenvalue weighted by molar-refractivity contribution is 6.89. The van der Waals surface area contributed by atoms with E-state index in [2.05, 4.69) is 13.2 Å². The van der Waals surface area contributed by atoms with Crippen LogP contribution < -0.4 is 0 Å². The van der Waals surface area contributed by atoms with Gasteiger partial charge in [-0.1, -0.05) is 11.4 Å². The summed E-state index contributed by atoms with van der Waals surface area (Å²) in [5.41, 5.74) is 1.56. The minimum atomic E-state index is -4.63. The zero-order valence-electron chi connectivity index (χ0n) is 7.75. The van der Waals surface area contributed by atoms with E-state index in [0.29, 0.717) is 0 Å². The highest BCUT2D eigenvalue weighted by atomic mass is 28.3. The second kappa shape index (κ2) is 4.42. The SMILES string of the molecule is C=C[Si](C=C)(CC(F)(F)F)CC(F)(F)F. The van der Waals surface area contributed by atoms with Gasteiger partial charge in [0.15, 0.2) is 0 Å². The summed E-state index contributed by atoms with van der Waals surface area (Å²) in [4.78, 5) is 0. The Hall–Kier alpha value is -0.723. The molecule has 0 atom stereocenters. The van der Waals surface area contributed by atoms with Crippen molar-refractivity contribution in [1.82, 2.24) is 0 Å². The van der Waals surface area contributed by atoms with Crippen molar-refractivity contribution in [3.05, 3.63) is 24.6 Å². The predicted octanol–water partition coefficient (Wildman–Crippen LogP) is 4.01. The van der Waals surface area contributed by atoms with Crippen LogP contribution in [-0.2, 0) is 0 Å². The molecule has 0 aromatic carbocycles. The van der Waals surface area contributed by atoms with E-state index in [1.807, 2.05) is 0 Å². The first kappa shape index (κ1) is 14.3. The first-order valence-corrected chi connectivity index (χ1v) is 6.51. The van der Waals surface area contributed by atoms with Gasteiger partial charge in [-0.05, 0) is 0 Å². The van der Waals surface area contributed by atoms with Gasteiger partial charge in [-0.3, -0.25) is 0 Å². The lowest BCUT2D eigenvalue weighted by atomic mass is 10.8. The summed E-state index contributed by atoms with van der Waals surface area (Å²) < 4.78 is 72.4. The predicted molar refractivity (Wildman–Crippen MR) is 47.9 cm³/mol. The highest BCUT2D eigenvalue weighted by Crippen LogP contribution is 2.37. The van der Waals surface area contributed by atoms with Crippen molar-refractivity contribution >= 4 is 8.07 Å². The molecule has 0 amide bonds. The molecule has 0 aromatic heterocycles. The zero-order chi connectivity index (χ0) is 12.3. The maximum atomic E-state index is 12.1. The van der Waals surface area contributed by atoms with Gasteiger partial charge in [-0.15, -0.1) is 13.2 Å². The van der Waals surface area contributed by atoms with Crippen molar-refractivity contribution in [1.29, 1.82) is 0 Å². The lowest BCUT2D eigenvalue weighted by molar-refractivity contribution is -0.118. The van der Waals surface area contributed by atoms with Crippen molar-refractivity contribution in [3.63, 3.8) is 0 Å². The molecule has 0 spiro atoms. The molecule has 15 heavy (non-hydrogen) atoms. The molecule has 88 valence electrons. The fraction of sp³-hybridized carbons (Fsp3) is 0.500. The van der Waals surface area contributed by atoms with Crippen molar-refractivity contribution in [2.75, 3.05) is 0 Å². The van der Waals surface area contributed by atoms with Gasteiger partial charge < -0.3 is 0 Å². The van der Waals surface area contributed by atoms with Gasteiger partial charge in [0.25, 0.3) is 0 Å². The van der Waals surface area contributed by atoms with Gasteiger partial charge in [-0.2, -0.15) is 26.3 Å². The number of rotatable bonds is 4.